The van der Waals surface area contributed by atoms with Crippen LogP contribution in [0.2, 0.25) is 0 Å². The highest BCUT2D eigenvalue weighted by Gasteiger charge is 2.40. The molecule has 19 heavy (non-hydrogen) atoms. The Morgan fingerprint density at radius 3 is 2.68 bits per heavy atom. The monoisotopic (exact) mass is 264 g/mol. The molecule has 0 aromatic heterocycles. The van der Waals surface area contributed by atoms with Gasteiger partial charge in [0.1, 0.15) is 0 Å². The van der Waals surface area contributed by atoms with Crippen molar-refractivity contribution in [2.75, 3.05) is 19.6 Å². The normalized spacial score (nSPS) is 35.7. The Hall–Kier alpha value is -0.570. The lowest BCUT2D eigenvalue weighted by molar-refractivity contribution is -0.122. The Balaban J connectivity index is 1.37. The third-order valence-corrected chi connectivity index (χ3v) is 5.69. The first-order chi connectivity index (χ1) is 9.22. The van der Waals surface area contributed by atoms with Gasteiger partial charge in [-0.15, -0.1) is 0 Å². The SMILES string of the molecule is C[C@@H](CNC(=O)C[C@H]1C[C@H]2CC[C@H]1C2)N1CCCC1. The first kappa shape index (κ1) is 13.4. The van der Waals surface area contributed by atoms with Gasteiger partial charge in [0.15, 0.2) is 0 Å². The summed E-state index contributed by atoms with van der Waals surface area (Å²) in [6.45, 7) is 5.50. The maximum Gasteiger partial charge on any atom is 0.220 e. The van der Waals surface area contributed by atoms with Crippen LogP contribution >= 0.6 is 0 Å². The number of amides is 1. The fraction of sp³-hybridized carbons (Fsp3) is 0.938. The van der Waals surface area contributed by atoms with E-state index in [1.54, 1.807) is 0 Å². The molecule has 3 fully saturated rings. The second kappa shape index (κ2) is 5.82. The van der Waals surface area contributed by atoms with Crippen LogP contribution in [0, 0.1) is 17.8 Å². The number of hydrogen-bond acceptors (Lipinski definition) is 2. The fourth-order valence-corrected chi connectivity index (χ4v) is 4.51. The summed E-state index contributed by atoms with van der Waals surface area (Å²) in [5, 5.41) is 3.17. The largest absolute Gasteiger partial charge is 0.355 e. The van der Waals surface area contributed by atoms with Gasteiger partial charge in [0.25, 0.3) is 0 Å². The Kier molecular flexibility index (Phi) is 4.11. The molecule has 0 aromatic rings. The average molecular weight is 264 g/mol. The van der Waals surface area contributed by atoms with Gasteiger partial charge < -0.3 is 5.32 Å². The number of carbonyl (C=O) groups is 1. The molecule has 1 amide bonds. The van der Waals surface area contributed by atoms with E-state index in [-0.39, 0.29) is 0 Å². The highest BCUT2D eigenvalue weighted by molar-refractivity contribution is 5.76. The molecule has 2 bridgehead atoms. The molecule has 4 atom stereocenters. The van der Waals surface area contributed by atoms with Crippen LogP contribution in [0.15, 0.2) is 0 Å². The molecule has 1 heterocycles. The zero-order valence-corrected chi connectivity index (χ0v) is 12.2. The van der Waals surface area contributed by atoms with Gasteiger partial charge >= 0.3 is 0 Å². The minimum Gasteiger partial charge on any atom is -0.355 e. The minimum atomic E-state index is 0.295. The van der Waals surface area contributed by atoms with Crippen molar-refractivity contribution in [1.82, 2.24) is 10.2 Å². The van der Waals surface area contributed by atoms with Crippen LogP contribution < -0.4 is 5.32 Å². The van der Waals surface area contributed by atoms with Gasteiger partial charge in [-0.3, -0.25) is 9.69 Å². The summed E-state index contributed by atoms with van der Waals surface area (Å²) in [4.78, 5) is 14.6. The Morgan fingerprint density at radius 1 is 1.26 bits per heavy atom. The summed E-state index contributed by atoms with van der Waals surface area (Å²) in [6, 6.07) is 0.506. The molecule has 108 valence electrons. The first-order valence-electron chi connectivity index (χ1n) is 8.23. The zero-order chi connectivity index (χ0) is 13.2. The topological polar surface area (TPSA) is 32.3 Å². The van der Waals surface area contributed by atoms with Crippen LogP contribution in [-0.4, -0.2) is 36.5 Å². The van der Waals surface area contributed by atoms with E-state index in [0.717, 1.165) is 24.8 Å². The van der Waals surface area contributed by atoms with Crippen LogP contribution in [0.4, 0.5) is 0 Å². The van der Waals surface area contributed by atoms with E-state index >= 15 is 0 Å². The number of likely N-dealkylation sites (tertiary alicyclic amines) is 1. The highest BCUT2D eigenvalue weighted by Crippen LogP contribution is 2.49. The predicted molar refractivity (Wildman–Crippen MR) is 76.8 cm³/mol. The van der Waals surface area contributed by atoms with Crippen molar-refractivity contribution in [2.45, 2.75) is 57.9 Å². The highest BCUT2D eigenvalue weighted by atomic mass is 16.1. The van der Waals surface area contributed by atoms with Crippen LogP contribution in [0.25, 0.3) is 0 Å². The molecule has 3 nitrogen and oxygen atoms in total. The molecule has 3 heteroatoms. The van der Waals surface area contributed by atoms with Gasteiger partial charge in [0.2, 0.25) is 5.91 Å². The first-order valence-corrected chi connectivity index (χ1v) is 8.23. The molecule has 0 spiro atoms. The standard InChI is InChI=1S/C16H28N2O/c1-12(18-6-2-3-7-18)11-17-16(19)10-15-9-13-4-5-14(15)8-13/h12-15H,2-11H2,1H3,(H,17,19)/t12-,13-,14-,15+/m0/s1. The van der Waals surface area contributed by atoms with Crippen LogP contribution in [0.5, 0.6) is 0 Å². The predicted octanol–water partition coefficient (Wildman–Crippen LogP) is 2.41. The summed E-state index contributed by atoms with van der Waals surface area (Å²) in [5.41, 5.74) is 0. The van der Waals surface area contributed by atoms with Gasteiger partial charge in [-0.25, -0.2) is 0 Å². The summed E-state index contributed by atoms with van der Waals surface area (Å²) in [7, 11) is 0. The van der Waals surface area contributed by atoms with Gasteiger partial charge in [-0.2, -0.15) is 0 Å². The molecule has 0 radical (unpaired) electrons. The van der Waals surface area contributed by atoms with E-state index < -0.39 is 0 Å². The van der Waals surface area contributed by atoms with Crippen molar-refractivity contribution in [3.63, 3.8) is 0 Å². The van der Waals surface area contributed by atoms with Crippen molar-refractivity contribution in [3.05, 3.63) is 0 Å². The van der Waals surface area contributed by atoms with Crippen molar-refractivity contribution >= 4 is 5.91 Å². The second-order valence-corrected chi connectivity index (χ2v) is 7.04. The summed E-state index contributed by atoms with van der Waals surface area (Å²) >= 11 is 0. The molecule has 3 rings (SSSR count). The van der Waals surface area contributed by atoms with Crippen molar-refractivity contribution in [2.24, 2.45) is 17.8 Å². The zero-order valence-electron chi connectivity index (χ0n) is 12.2. The molecule has 1 N–H and O–H groups in total. The van der Waals surface area contributed by atoms with Gasteiger partial charge in [0.05, 0.1) is 0 Å². The Bertz CT molecular complexity index is 325. The molecule has 2 saturated carbocycles. The van der Waals surface area contributed by atoms with E-state index in [0.29, 0.717) is 17.9 Å². The maximum absolute atomic E-state index is 12.1. The van der Waals surface area contributed by atoms with Crippen molar-refractivity contribution in [3.8, 4) is 0 Å². The summed E-state index contributed by atoms with van der Waals surface area (Å²) in [6.07, 6.45) is 8.96. The van der Waals surface area contributed by atoms with Gasteiger partial charge in [0, 0.05) is 19.0 Å². The number of fused-ring (bicyclic) bond motifs is 2. The van der Waals surface area contributed by atoms with Crippen LogP contribution in [0.3, 0.4) is 0 Å². The van der Waals surface area contributed by atoms with E-state index in [9.17, 15) is 4.79 Å². The number of rotatable bonds is 5. The van der Waals surface area contributed by atoms with Crippen molar-refractivity contribution < 1.29 is 4.79 Å². The van der Waals surface area contributed by atoms with Crippen LogP contribution in [-0.2, 0) is 4.79 Å². The number of hydrogen-bond donors (Lipinski definition) is 1. The minimum absolute atomic E-state index is 0.295. The quantitative estimate of drug-likeness (QED) is 0.827. The molecule has 0 unspecified atom stereocenters. The number of carbonyl (C=O) groups excluding carboxylic acids is 1. The molecular weight excluding hydrogens is 236 g/mol. The lowest BCUT2D eigenvalue weighted by Gasteiger charge is -2.25. The van der Waals surface area contributed by atoms with E-state index in [4.69, 9.17) is 0 Å². The molecule has 3 aliphatic rings. The molecule has 2 aliphatic carbocycles. The van der Waals surface area contributed by atoms with E-state index in [1.807, 2.05) is 0 Å². The molecule has 1 aliphatic heterocycles. The third-order valence-electron chi connectivity index (χ3n) is 5.69. The number of nitrogens with one attached hydrogen (secondary N) is 1. The third kappa shape index (κ3) is 3.13. The summed E-state index contributed by atoms with van der Waals surface area (Å²) in [5.74, 6) is 2.81. The Morgan fingerprint density at radius 2 is 2.05 bits per heavy atom. The van der Waals surface area contributed by atoms with E-state index in [2.05, 4.69) is 17.1 Å². The summed E-state index contributed by atoms with van der Waals surface area (Å²) < 4.78 is 0. The van der Waals surface area contributed by atoms with E-state index in [1.165, 1.54) is 51.6 Å². The maximum atomic E-state index is 12.1. The fourth-order valence-electron chi connectivity index (χ4n) is 4.51. The Labute approximate surface area is 117 Å². The van der Waals surface area contributed by atoms with Gasteiger partial charge in [-0.05, 0) is 69.9 Å². The number of nitrogens with zero attached hydrogens (tertiary/aromatic N) is 1. The second-order valence-electron chi connectivity index (χ2n) is 7.04. The smallest absolute Gasteiger partial charge is 0.220 e. The van der Waals surface area contributed by atoms with Crippen LogP contribution in [0.1, 0.15) is 51.9 Å². The average Bonchev–Trinajstić information content (AvgIpc) is 3.12. The molecule has 0 aromatic carbocycles. The lowest BCUT2D eigenvalue weighted by Crippen LogP contribution is -2.41. The lowest BCUT2D eigenvalue weighted by atomic mass is 9.86. The molecular formula is C16H28N2O. The van der Waals surface area contributed by atoms with Crippen molar-refractivity contribution in [1.29, 1.82) is 0 Å². The molecule has 1 saturated heterocycles. The van der Waals surface area contributed by atoms with Gasteiger partial charge in [-0.1, -0.05) is 6.42 Å².